The highest BCUT2D eigenvalue weighted by Crippen LogP contribution is 2.25. The Kier molecular flexibility index (Phi) is 7.31. The minimum atomic E-state index is -1.27. The number of primary amides is 1. The molecule has 4 N–H and O–H groups in total. The molecule has 9 nitrogen and oxygen atoms in total. The second-order valence-corrected chi connectivity index (χ2v) is 6.07. The van der Waals surface area contributed by atoms with E-state index < -0.39 is 28.9 Å². The number of hydrogen-bond donors (Lipinski definition) is 3. The summed E-state index contributed by atoms with van der Waals surface area (Å²) in [5, 5.41) is 23.1. The van der Waals surface area contributed by atoms with Crippen molar-refractivity contribution in [2.24, 2.45) is 11.7 Å². The van der Waals surface area contributed by atoms with E-state index in [1.54, 1.807) is 0 Å². The SMILES string of the molecule is COc1ccc([N+](=O)[O-])cc1C[C@H](NC(=O)[C@H](O)CC(C)C)C(N)=O. The topological polar surface area (TPSA) is 145 Å². The van der Waals surface area contributed by atoms with Crippen LogP contribution in [0.5, 0.6) is 5.75 Å². The molecule has 0 aromatic heterocycles. The largest absolute Gasteiger partial charge is 0.496 e. The molecule has 0 aliphatic carbocycles. The van der Waals surface area contributed by atoms with Crippen LogP contribution in [0.3, 0.4) is 0 Å². The van der Waals surface area contributed by atoms with Crippen molar-refractivity contribution >= 4 is 17.5 Å². The van der Waals surface area contributed by atoms with E-state index in [-0.39, 0.29) is 24.4 Å². The number of benzene rings is 1. The fraction of sp³-hybridized carbons (Fsp3) is 0.500. The van der Waals surface area contributed by atoms with E-state index in [1.165, 1.54) is 25.3 Å². The average Bonchev–Trinajstić information content (AvgIpc) is 2.52. The number of carbonyl (C=O) groups excluding carboxylic acids is 2. The Morgan fingerprint density at radius 2 is 2.04 bits per heavy atom. The molecular weight excluding hydrogens is 330 g/mol. The van der Waals surface area contributed by atoms with Gasteiger partial charge in [0.05, 0.1) is 12.0 Å². The monoisotopic (exact) mass is 353 g/mol. The molecular formula is C16H23N3O6. The van der Waals surface area contributed by atoms with Crippen molar-refractivity contribution < 1.29 is 24.4 Å². The van der Waals surface area contributed by atoms with Gasteiger partial charge in [0.1, 0.15) is 17.9 Å². The number of ether oxygens (including phenoxy) is 1. The van der Waals surface area contributed by atoms with Crippen LogP contribution in [-0.2, 0) is 16.0 Å². The third-order valence-electron chi connectivity index (χ3n) is 3.56. The molecule has 1 aromatic carbocycles. The Labute approximate surface area is 145 Å². The van der Waals surface area contributed by atoms with Gasteiger partial charge in [-0.25, -0.2) is 0 Å². The van der Waals surface area contributed by atoms with Gasteiger partial charge in [-0.15, -0.1) is 0 Å². The summed E-state index contributed by atoms with van der Waals surface area (Å²) in [5.74, 6) is -1.13. The first kappa shape index (κ1) is 20.4. The number of nitro groups is 1. The van der Waals surface area contributed by atoms with Crippen molar-refractivity contribution in [2.45, 2.75) is 38.8 Å². The normalized spacial score (nSPS) is 13.2. The molecule has 138 valence electrons. The average molecular weight is 353 g/mol. The van der Waals surface area contributed by atoms with Crippen LogP contribution < -0.4 is 15.8 Å². The lowest BCUT2D eigenvalue weighted by Crippen LogP contribution is -2.49. The smallest absolute Gasteiger partial charge is 0.269 e. The van der Waals surface area contributed by atoms with Crippen molar-refractivity contribution in [2.75, 3.05) is 7.11 Å². The van der Waals surface area contributed by atoms with E-state index in [4.69, 9.17) is 10.5 Å². The zero-order chi connectivity index (χ0) is 19.1. The Hall–Kier alpha value is -2.68. The van der Waals surface area contributed by atoms with E-state index in [2.05, 4.69) is 5.32 Å². The number of nitrogens with two attached hydrogens (primary N) is 1. The van der Waals surface area contributed by atoms with Crippen molar-refractivity contribution in [1.29, 1.82) is 0 Å². The van der Waals surface area contributed by atoms with Crippen molar-refractivity contribution in [3.63, 3.8) is 0 Å². The molecule has 0 saturated heterocycles. The predicted octanol–water partition coefficient (Wildman–Crippen LogP) is 0.523. The number of aliphatic hydroxyl groups excluding tert-OH is 1. The predicted molar refractivity (Wildman–Crippen MR) is 89.9 cm³/mol. The molecule has 1 rings (SSSR count). The summed E-state index contributed by atoms with van der Waals surface area (Å²) in [5.41, 5.74) is 5.48. The van der Waals surface area contributed by atoms with Crippen LogP contribution in [0.2, 0.25) is 0 Å². The molecule has 0 heterocycles. The summed E-state index contributed by atoms with van der Waals surface area (Å²) in [6.07, 6.45) is -1.13. The maximum absolute atomic E-state index is 12.0. The number of carbonyl (C=O) groups is 2. The molecule has 0 aliphatic heterocycles. The number of nitrogens with zero attached hydrogens (tertiary/aromatic N) is 1. The third-order valence-corrected chi connectivity index (χ3v) is 3.56. The first-order valence-corrected chi connectivity index (χ1v) is 7.74. The van der Waals surface area contributed by atoms with Gasteiger partial charge in [-0.1, -0.05) is 13.8 Å². The second kappa shape index (κ2) is 8.97. The van der Waals surface area contributed by atoms with Crippen LogP contribution in [0.15, 0.2) is 18.2 Å². The third kappa shape index (κ3) is 6.03. The molecule has 0 saturated carbocycles. The summed E-state index contributed by atoms with van der Waals surface area (Å²) in [6, 6.07) is 2.80. The standard InChI is InChI=1S/C16H23N3O6/c1-9(2)6-13(20)16(22)18-12(15(17)21)8-10-7-11(19(23)24)4-5-14(10)25-3/h4-5,7,9,12-13,20H,6,8H2,1-3H3,(H2,17,21)(H,18,22)/t12-,13+/m0/s1. The number of aliphatic hydroxyl groups is 1. The van der Waals surface area contributed by atoms with Gasteiger partial charge in [0.2, 0.25) is 11.8 Å². The molecule has 0 unspecified atom stereocenters. The Morgan fingerprint density at radius 3 is 2.52 bits per heavy atom. The molecule has 0 radical (unpaired) electrons. The Balaban J connectivity index is 2.98. The summed E-state index contributed by atoms with van der Waals surface area (Å²) in [4.78, 5) is 34.0. The number of rotatable bonds is 9. The van der Waals surface area contributed by atoms with E-state index in [0.29, 0.717) is 11.3 Å². The quantitative estimate of drug-likeness (QED) is 0.436. The van der Waals surface area contributed by atoms with Crippen LogP contribution in [0.25, 0.3) is 0 Å². The highest BCUT2D eigenvalue weighted by molar-refractivity contribution is 5.88. The number of methoxy groups -OCH3 is 1. The lowest BCUT2D eigenvalue weighted by atomic mass is 10.0. The number of nitrogens with one attached hydrogen (secondary N) is 1. The zero-order valence-electron chi connectivity index (χ0n) is 14.4. The number of hydrogen-bond acceptors (Lipinski definition) is 6. The molecule has 2 atom stereocenters. The van der Waals surface area contributed by atoms with Crippen LogP contribution in [0, 0.1) is 16.0 Å². The Bertz CT molecular complexity index is 647. The molecule has 0 aliphatic rings. The maximum Gasteiger partial charge on any atom is 0.269 e. The number of nitro benzene ring substituents is 1. The van der Waals surface area contributed by atoms with Crippen LogP contribution in [-0.4, -0.2) is 41.1 Å². The summed E-state index contributed by atoms with van der Waals surface area (Å²) in [7, 11) is 1.38. The number of amides is 2. The van der Waals surface area contributed by atoms with Crippen molar-refractivity contribution in [3.05, 3.63) is 33.9 Å². The first-order valence-electron chi connectivity index (χ1n) is 7.74. The molecule has 25 heavy (non-hydrogen) atoms. The van der Waals surface area contributed by atoms with Gasteiger partial charge in [-0.05, 0) is 18.4 Å². The summed E-state index contributed by atoms with van der Waals surface area (Å²) < 4.78 is 5.13. The summed E-state index contributed by atoms with van der Waals surface area (Å²) >= 11 is 0. The molecule has 1 aromatic rings. The van der Waals surface area contributed by atoms with Gasteiger partial charge in [-0.3, -0.25) is 19.7 Å². The van der Waals surface area contributed by atoms with Gasteiger partial charge in [0.25, 0.3) is 5.69 Å². The highest BCUT2D eigenvalue weighted by atomic mass is 16.6. The van der Waals surface area contributed by atoms with Crippen molar-refractivity contribution in [3.8, 4) is 5.75 Å². The van der Waals surface area contributed by atoms with Gasteiger partial charge in [0, 0.05) is 24.1 Å². The van der Waals surface area contributed by atoms with E-state index in [9.17, 15) is 24.8 Å². The molecule has 9 heteroatoms. The van der Waals surface area contributed by atoms with Crippen LogP contribution in [0.4, 0.5) is 5.69 Å². The zero-order valence-corrected chi connectivity index (χ0v) is 14.4. The lowest BCUT2D eigenvalue weighted by molar-refractivity contribution is -0.384. The van der Waals surface area contributed by atoms with Gasteiger partial charge in [-0.2, -0.15) is 0 Å². The van der Waals surface area contributed by atoms with Gasteiger partial charge in [0.15, 0.2) is 0 Å². The first-order chi connectivity index (χ1) is 11.6. The van der Waals surface area contributed by atoms with E-state index in [1.807, 2.05) is 13.8 Å². The minimum absolute atomic E-state index is 0.0876. The van der Waals surface area contributed by atoms with Crippen LogP contribution >= 0.6 is 0 Å². The lowest BCUT2D eigenvalue weighted by Gasteiger charge is -2.20. The molecule has 0 bridgehead atoms. The van der Waals surface area contributed by atoms with E-state index in [0.717, 1.165) is 0 Å². The minimum Gasteiger partial charge on any atom is -0.496 e. The molecule has 2 amide bonds. The molecule has 0 fully saturated rings. The second-order valence-electron chi connectivity index (χ2n) is 6.07. The molecule has 0 spiro atoms. The fourth-order valence-electron chi connectivity index (χ4n) is 2.30. The fourth-order valence-corrected chi connectivity index (χ4v) is 2.30. The maximum atomic E-state index is 12.0. The van der Waals surface area contributed by atoms with Gasteiger partial charge < -0.3 is 20.9 Å². The van der Waals surface area contributed by atoms with Crippen molar-refractivity contribution in [1.82, 2.24) is 5.32 Å². The summed E-state index contributed by atoms with van der Waals surface area (Å²) in [6.45, 7) is 3.69. The van der Waals surface area contributed by atoms with Gasteiger partial charge >= 0.3 is 0 Å². The van der Waals surface area contributed by atoms with Crippen LogP contribution in [0.1, 0.15) is 25.8 Å². The highest BCUT2D eigenvalue weighted by Gasteiger charge is 2.25. The van der Waals surface area contributed by atoms with E-state index >= 15 is 0 Å². The number of non-ortho nitro benzene ring substituents is 1. The Morgan fingerprint density at radius 1 is 1.40 bits per heavy atom.